The van der Waals surface area contributed by atoms with Gasteiger partial charge in [0.15, 0.2) is 0 Å². The normalized spacial score (nSPS) is 12.5. The number of hydrogen-bond donors (Lipinski definition) is 0. The fraction of sp³-hybridized carbons (Fsp3) is 0.267. The van der Waals surface area contributed by atoms with Crippen LogP contribution in [0.1, 0.15) is 23.7 Å². The predicted octanol–water partition coefficient (Wildman–Crippen LogP) is 4.17. The highest BCUT2D eigenvalue weighted by molar-refractivity contribution is 7.09. The molecule has 0 amide bonds. The third-order valence-corrected chi connectivity index (χ3v) is 4.39. The Hall–Kier alpha value is -1.72. The van der Waals surface area contributed by atoms with Crippen molar-refractivity contribution < 1.29 is 0 Å². The first-order valence-corrected chi connectivity index (χ1v) is 7.95. The van der Waals surface area contributed by atoms with Crippen molar-refractivity contribution in [3.63, 3.8) is 0 Å². The van der Waals surface area contributed by atoms with E-state index in [9.17, 15) is 0 Å². The maximum Gasteiger partial charge on any atom is 0.0953 e. The summed E-state index contributed by atoms with van der Waals surface area (Å²) in [6.45, 7) is 4.11. The van der Waals surface area contributed by atoms with E-state index in [1.807, 2.05) is 23.9 Å². The monoisotopic (exact) mass is 318 g/mol. The molecule has 0 bridgehead atoms. The van der Waals surface area contributed by atoms with Gasteiger partial charge in [-0.3, -0.25) is 9.67 Å². The lowest BCUT2D eigenvalue weighted by Crippen LogP contribution is -2.08. The molecule has 6 heteroatoms. The lowest BCUT2D eigenvalue weighted by molar-refractivity contribution is 0.488. The first kappa shape index (κ1) is 14.2. The molecule has 0 saturated heterocycles. The summed E-state index contributed by atoms with van der Waals surface area (Å²) in [6.07, 6.45) is 6.13. The van der Waals surface area contributed by atoms with Gasteiger partial charge in [0.2, 0.25) is 0 Å². The molecular formula is C15H15ClN4S. The summed E-state index contributed by atoms with van der Waals surface area (Å²) in [5, 5.41) is 8.08. The quantitative estimate of drug-likeness (QED) is 0.725. The summed E-state index contributed by atoms with van der Waals surface area (Å²) in [6, 6.07) is 4.22. The van der Waals surface area contributed by atoms with E-state index >= 15 is 0 Å². The van der Waals surface area contributed by atoms with Gasteiger partial charge in [-0.25, -0.2) is 4.98 Å². The minimum absolute atomic E-state index is 0.228. The van der Waals surface area contributed by atoms with Crippen molar-refractivity contribution in [2.45, 2.75) is 26.3 Å². The molecule has 0 N–H and O–H groups in total. The lowest BCUT2D eigenvalue weighted by atomic mass is 10.1. The number of aryl methyl sites for hydroxylation is 1. The molecule has 3 aromatic rings. The van der Waals surface area contributed by atoms with Crippen molar-refractivity contribution in [2.75, 3.05) is 0 Å². The van der Waals surface area contributed by atoms with Crippen LogP contribution in [0, 0.1) is 6.92 Å². The Bertz CT molecular complexity index is 749. The van der Waals surface area contributed by atoms with Crippen LogP contribution in [0.3, 0.4) is 0 Å². The third kappa shape index (κ3) is 3.14. The summed E-state index contributed by atoms with van der Waals surface area (Å²) in [7, 11) is 0. The van der Waals surface area contributed by atoms with E-state index in [0.717, 1.165) is 28.4 Å². The molecule has 4 nitrogen and oxygen atoms in total. The van der Waals surface area contributed by atoms with Crippen molar-refractivity contribution in [3.05, 3.63) is 51.8 Å². The molecule has 0 fully saturated rings. The van der Waals surface area contributed by atoms with Crippen LogP contribution in [0.5, 0.6) is 0 Å². The van der Waals surface area contributed by atoms with Gasteiger partial charge >= 0.3 is 0 Å². The Kier molecular flexibility index (Phi) is 4.03. The zero-order chi connectivity index (χ0) is 14.8. The Balaban J connectivity index is 1.78. The highest BCUT2D eigenvalue weighted by atomic mass is 35.5. The average molecular weight is 319 g/mol. The van der Waals surface area contributed by atoms with Crippen LogP contribution in [0.2, 0.25) is 5.02 Å². The number of halogens is 1. The number of thiazole rings is 1. The van der Waals surface area contributed by atoms with Gasteiger partial charge in [-0.1, -0.05) is 11.6 Å². The van der Waals surface area contributed by atoms with Crippen molar-refractivity contribution in [2.24, 2.45) is 0 Å². The lowest BCUT2D eigenvalue weighted by Gasteiger charge is -2.09. The Labute approximate surface area is 132 Å². The molecule has 3 rings (SSSR count). The number of pyridine rings is 1. The second kappa shape index (κ2) is 5.95. The number of nitrogens with zero attached hydrogens (tertiary/aromatic N) is 4. The van der Waals surface area contributed by atoms with Crippen LogP contribution >= 0.6 is 22.9 Å². The van der Waals surface area contributed by atoms with Crippen LogP contribution < -0.4 is 0 Å². The minimum atomic E-state index is 0.228. The van der Waals surface area contributed by atoms with Gasteiger partial charge in [0, 0.05) is 35.5 Å². The zero-order valence-electron chi connectivity index (χ0n) is 11.8. The van der Waals surface area contributed by atoms with Crippen molar-refractivity contribution in [1.29, 1.82) is 0 Å². The van der Waals surface area contributed by atoms with Crippen LogP contribution in [0.15, 0.2) is 36.1 Å². The van der Waals surface area contributed by atoms with Gasteiger partial charge in [-0.15, -0.1) is 11.3 Å². The van der Waals surface area contributed by atoms with Gasteiger partial charge in [-0.05, 0) is 26.0 Å². The molecule has 3 heterocycles. The fourth-order valence-electron chi connectivity index (χ4n) is 2.19. The highest BCUT2D eigenvalue weighted by Crippen LogP contribution is 2.26. The van der Waals surface area contributed by atoms with Crippen molar-refractivity contribution in [3.8, 4) is 11.3 Å². The van der Waals surface area contributed by atoms with Gasteiger partial charge in [0.05, 0.1) is 28.0 Å². The molecular weight excluding hydrogens is 304 g/mol. The molecule has 3 aromatic heterocycles. The molecule has 0 aliphatic carbocycles. The number of hydrogen-bond acceptors (Lipinski definition) is 4. The third-order valence-electron chi connectivity index (χ3n) is 3.33. The van der Waals surface area contributed by atoms with E-state index in [0.29, 0.717) is 5.02 Å². The molecule has 1 atom stereocenters. The van der Waals surface area contributed by atoms with Gasteiger partial charge < -0.3 is 0 Å². The van der Waals surface area contributed by atoms with E-state index < -0.39 is 0 Å². The molecule has 0 unspecified atom stereocenters. The van der Waals surface area contributed by atoms with Gasteiger partial charge in [0.25, 0.3) is 0 Å². The molecule has 0 aromatic carbocycles. The number of rotatable bonds is 4. The fourth-order valence-corrected chi connectivity index (χ4v) is 3.24. The summed E-state index contributed by atoms with van der Waals surface area (Å²) >= 11 is 7.58. The van der Waals surface area contributed by atoms with Gasteiger partial charge in [0.1, 0.15) is 0 Å². The number of aromatic nitrogens is 4. The minimum Gasteiger partial charge on any atom is -0.268 e. The summed E-state index contributed by atoms with van der Waals surface area (Å²) in [5.74, 6) is 0. The first-order valence-electron chi connectivity index (χ1n) is 6.69. The summed E-state index contributed by atoms with van der Waals surface area (Å²) < 4.78 is 1.87. The second-order valence-electron chi connectivity index (χ2n) is 4.95. The average Bonchev–Trinajstić information content (AvgIpc) is 3.08. The van der Waals surface area contributed by atoms with E-state index in [2.05, 4.69) is 28.5 Å². The molecule has 0 spiro atoms. The Morgan fingerprint density at radius 3 is 3.00 bits per heavy atom. The van der Waals surface area contributed by atoms with Crippen LogP contribution in [0.4, 0.5) is 0 Å². The second-order valence-corrected chi connectivity index (χ2v) is 6.33. The smallest absolute Gasteiger partial charge is 0.0953 e. The van der Waals surface area contributed by atoms with Crippen LogP contribution in [-0.4, -0.2) is 19.7 Å². The largest absolute Gasteiger partial charge is 0.268 e. The molecule has 0 saturated carbocycles. The molecule has 21 heavy (non-hydrogen) atoms. The highest BCUT2D eigenvalue weighted by Gasteiger charge is 2.12. The standard InChI is InChI=1S/C15H15ClN4S/c1-10(20-8-12(16)7-18-20)6-15-19-14(9-21-15)13-4-3-5-17-11(13)2/h3-5,7-10H,6H2,1-2H3/t10-/m0/s1. The maximum absolute atomic E-state index is 5.91. The molecule has 108 valence electrons. The van der Waals surface area contributed by atoms with E-state index in [4.69, 9.17) is 16.6 Å². The van der Waals surface area contributed by atoms with E-state index in [-0.39, 0.29) is 6.04 Å². The van der Waals surface area contributed by atoms with Gasteiger partial charge in [-0.2, -0.15) is 5.10 Å². The molecule has 0 aliphatic heterocycles. The molecule has 0 aliphatic rings. The SMILES string of the molecule is Cc1ncccc1-c1csc(C[C@H](C)n2cc(Cl)cn2)n1. The maximum atomic E-state index is 5.91. The van der Waals surface area contributed by atoms with E-state index in [1.165, 1.54) is 0 Å². The molecule has 0 radical (unpaired) electrons. The van der Waals surface area contributed by atoms with E-state index in [1.54, 1.807) is 23.7 Å². The predicted molar refractivity (Wildman–Crippen MR) is 85.7 cm³/mol. The van der Waals surface area contributed by atoms with Crippen LogP contribution in [-0.2, 0) is 6.42 Å². The topological polar surface area (TPSA) is 43.6 Å². The summed E-state index contributed by atoms with van der Waals surface area (Å²) in [4.78, 5) is 9.03. The van der Waals surface area contributed by atoms with Crippen LogP contribution in [0.25, 0.3) is 11.3 Å². The Morgan fingerprint density at radius 1 is 1.43 bits per heavy atom. The first-order chi connectivity index (χ1) is 10.1. The van der Waals surface area contributed by atoms with Crippen molar-refractivity contribution in [1.82, 2.24) is 19.7 Å². The summed E-state index contributed by atoms with van der Waals surface area (Å²) in [5.41, 5.74) is 3.09. The van der Waals surface area contributed by atoms with Crippen molar-refractivity contribution >= 4 is 22.9 Å². The Morgan fingerprint density at radius 2 is 2.29 bits per heavy atom. The zero-order valence-corrected chi connectivity index (χ0v) is 13.4.